The number of ether oxygens (including phenoxy) is 1. The van der Waals surface area contributed by atoms with Gasteiger partial charge in [0.25, 0.3) is 5.91 Å². The van der Waals surface area contributed by atoms with Crippen molar-refractivity contribution in [3.05, 3.63) is 65.5 Å². The Balaban J connectivity index is 1.49. The lowest BCUT2D eigenvalue weighted by Crippen LogP contribution is -2.42. The van der Waals surface area contributed by atoms with Gasteiger partial charge in [0.05, 0.1) is 6.54 Å². The number of carbonyl (C=O) groups is 2. The largest absolute Gasteiger partial charge is 0.489 e. The highest BCUT2D eigenvalue weighted by atomic mass is 19.1. The first-order valence-corrected chi connectivity index (χ1v) is 8.22. The summed E-state index contributed by atoms with van der Waals surface area (Å²) in [4.78, 5) is 26.4. The van der Waals surface area contributed by atoms with Gasteiger partial charge in [-0.25, -0.2) is 9.18 Å². The van der Waals surface area contributed by atoms with Gasteiger partial charge >= 0.3 is 6.03 Å². The number of urea groups is 1. The molecule has 1 saturated heterocycles. The third kappa shape index (κ3) is 2.45. The van der Waals surface area contributed by atoms with Crippen molar-refractivity contribution in [1.82, 2.24) is 10.2 Å². The smallest absolute Gasteiger partial charge is 0.325 e. The van der Waals surface area contributed by atoms with Crippen LogP contribution < -0.4 is 10.1 Å². The van der Waals surface area contributed by atoms with E-state index in [4.69, 9.17) is 4.74 Å². The molecule has 0 saturated carbocycles. The van der Waals surface area contributed by atoms with Gasteiger partial charge < -0.3 is 10.1 Å². The van der Waals surface area contributed by atoms with Gasteiger partial charge in [-0.1, -0.05) is 36.4 Å². The number of halogens is 1. The van der Waals surface area contributed by atoms with E-state index in [-0.39, 0.29) is 24.8 Å². The van der Waals surface area contributed by atoms with Crippen molar-refractivity contribution < 1.29 is 18.7 Å². The molecule has 4 rings (SSSR count). The topological polar surface area (TPSA) is 58.6 Å². The fraction of sp³-hybridized carbons (Fsp3) is 0.263. The molecule has 1 fully saturated rings. The Morgan fingerprint density at radius 3 is 2.72 bits per heavy atom. The maximum atomic E-state index is 13.6. The lowest BCUT2D eigenvalue weighted by molar-refractivity contribution is -0.131. The number of carbonyl (C=O) groups excluding carboxylic acids is 2. The number of nitrogens with zero attached hydrogens (tertiary/aromatic N) is 1. The van der Waals surface area contributed by atoms with Crippen molar-refractivity contribution >= 4 is 11.9 Å². The van der Waals surface area contributed by atoms with Crippen LogP contribution in [0.2, 0.25) is 0 Å². The normalized spacial score (nSPS) is 21.6. The van der Waals surface area contributed by atoms with Crippen LogP contribution in [-0.2, 0) is 16.8 Å². The molecule has 1 N–H and O–H groups in total. The molecule has 5 nitrogen and oxygen atoms in total. The minimum absolute atomic E-state index is 0.0395. The number of hydrogen-bond acceptors (Lipinski definition) is 3. The molecule has 0 unspecified atom stereocenters. The molecule has 0 radical (unpaired) electrons. The lowest BCUT2D eigenvalue weighted by Gasteiger charge is -2.22. The van der Waals surface area contributed by atoms with Gasteiger partial charge in [-0.15, -0.1) is 0 Å². The Kier molecular flexibility index (Phi) is 3.67. The van der Waals surface area contributed by atoms with Crippen LogP contribution in [0.1, 0.15) is 17.5 Å². The van der Waals surface area contributed by atoms with E-state index in [0.717, 1.165) is 22.4 Å². The monoisotopic (exact) mass is 340 g/mol. The van der Waals surface area contributed by atoms with Crippen molar-refractivity contribution in [2.45, 2.75) is 18.4 Å². The van der Waals surface area contributed by atoms with Crippen LogP contribution in [0.3, 0.4) is 0 Å². The molecule has 25 heavy (non-hydrogen) atoms. The molecule has 2 aliphatic rings. The van der Waals surface area contributed by atoms with E-state index < -0.39 is 17.4 Å². The van der Waals surface area contributed by atoms with Crippen molar-refractivity contribution in [3.63, 3.8) is 0 Å². The minimum Gasteiger partial charge on any atom is -0.489 e. The number of para-hydroxylation sites is 1. The van der Waals surface area contributed by atoms with Crippen LogP contribution in [0, 0.1) is 5.82 Å². The summed E-state index contributed by atoms with van der Waals surface area (Å²) in [5.41, 5.74) is 0.984. The van der Waals surface area contributed by atoms with Crippen LogP contribution in [0.15, 0.2) is 48.5 Å². The van der Waals surface area contributed by atoms with Crippen LogP contribution in [0.4, 0.5) is 9.18 Å². The molecular weight excluding hydrogens is 323 g/mol. The molecule has 6 heteroatoms. The van der Waals surface area contributed by atoms with E-state index in [2.05, 4.69) is 5.32 Å². The Bertz CT molecular complexity index is 854. The Labute approximate surface area is 144 Å². The first-order chi connectivity index (χ1) is 12.1. The second-order valence-electron chi connectivity index (χ2n) is 6.23. The van der Waals surface area contributed by atoms with E-state index in [0.29, 0.717) is 6.42 Å². The quantitative estimate of drug-likeness (QED) is 0.871. The van der Waals surface area contributed by atoms with Crippen LogP contribution >= 0.6 is 0 Å². The zero-order valence-electron chi connectivity index (χ0n) is 13.5. The summed E-state index contributed by atoms with van der Waals surface area (Å²) in [6.45, 7) is 0.112. The molecule has 1 spiro atoms. The predicted molar refractivity (Wildman–Crippen MR) is 88.6 cm³/mol. The summed E-state index contributed by atoms with van der Waals surface area (Å²) >= 11 is 0. The highest BCUT2D eigenvalue weighted by Crippen LogP contribution is 2.41. The molecule has 3 amide bonds. The molecule has 0 bridgehead atoms. The van der Waals surface area contributed by atoms with E-state index in [9.17, 15) is 14.0 Å². The van der Waals surface area contributed by atoms with E-state index in [1.54, 1.807) is 12.1 Å². The molecule has 1 heterocycles. The second-order valence-corrected chi connectivity index (χ2v) is 6.23. The molecule has 2 aromatic carbocycles. The summed E-state index contributed by atoms with van der Waals surface area (Å²) in [6.07, 6.45) is 1.31. The summed E-state index contributed by atoms with van der Waals surface area (Å²) in [7, 11) is 0. The summed E-state index contributed by atoms with van der Waals surface area (Å²) in [6, 6.07) is 13.3. The van der Waals surface area contributed by atoms with Crippen molar-refractivity contribution in [2.75, 3.05) is 13.2 Å². The molecule has 1 aliphatic carbocycles. The first kappa shape index (κ1) is 15.6. The van der Waals surface area contributed by atoms with Gasteiger partial charge in [0.2, 0.25) is 0 Å². The Morgan fingerprint density at radius 2 is 1.88 bits per heavy atom. The number of benzene rings is 2. The number of imide groups is 1. The van der Waals surface area contributed by atoms with E-state index >= 15 is 0 Å². The van der Waals surface area contributed by atoms with E-state index in [1.807, 2.05) is 24.3 Å². The molecule has 0 aromatic heterocycles. The van der Waals surface area contributed by atoms with Crippen LogP contribution in [-0.4, -0.2) is 30.0 Å². The van der Waals surface area contributed by atoms with Crippen molar-refractivity contribution in [1.29, 1.82) is 0 Å². The number of rotatable bonds is 4. The molecule has 1 aliphatic heterocycles. The Morgan fingerprint density at radius 1 is 1.12 bits per heavy atom. The van der Waals surface area contributed by atoms with Gasteiger partial charge in [-0.3, -0.25) is 9.69 Å². The van der Waals surface area contributed by atoms with Crippen molar-refractivity contribution in [3.8, 4) is 5.75 Å². The molecule has 128 valence electrons. The fourth-order valence-electron chi connectivity index (χ4n) is 3.60. The maximum Gasteiger partial charge on any atom is 0.325 e. The van der Waals surface area contributed by atoms with Gasteiger partial charge in [0, 0.05) is 0 Å². The summed E-state index contributed by atoms with van der Waals surface area (Å²) < 4.78 is 18.9. The zero-order chi connectivity index (χ0) is 17.4. The number of fused-ring (bicyclic) bond motifs is 2. The first-order valence-electron chi connectivity index (χ1n) is 8.22. The summed E-state index contributed by atoms with van der Waals surface area (Å²) in [5, 5.41) is 2.85. The highest BCUT2D eigenvalue weighted by molar-refractivity contribution is 6.08. The maximum absolute atomic E-state index is 13.6. The standard InChI is InChI=1S/C19H17FN2O3/c20-15-7-3-4-8-16(15)25-12-11-22-17(23)19(21-18(22)24)10-9-13-5-1-2-6-14(13)19/h1-8H,9-12H2,(H,21,24)/t19-/m0/s1. The van der Waals surface area contributed by atoms with Gasteiger partial charge in [0.15, 0.2) is 11.6 Å². The van der Waals surface area contributed by atoms with Crippen LogP contribution in [0.25, 0.3) is 0 Å². The third-order valence-electron chi connectivity index (χ3n) is 4.83. The average Bonchev–Trinajstić information content (AvgIpc) is 3.10. The van der Waals surface area contributed by atoms with Gasteiger partial charge in [-0.2, -0.15) is 0 Å². The van der Waals surface area contributed by atoms with Crippen LogP contribution in [0.5, 0.6) is 5.75 Å². The molecule has 1 atom stereocenters. The van der Waals surface area contributed by atoms with Gasteiger partial charge in [-0.05, 0) is 36.1 Å². The lowest BCUT2D eigenvalue weighted by atomic mass is 9.92. The van der Waals surface area contributed by atoms with Crippen molar-refractivity contribution in [2.24, 2.45) is 0 Å². The predicted octanol–water partition coefficient (Wildman–Crippen LogP) is 2.60. The third-order valence-corrected chi connectivity index (χ3v) is 4.83. The molecule has 2 aromatic rings. The second kappa shape index (κ2) is 5.88. The number of nitrogens with one attached hydrogen (secondary N) is 1. The Hall–Kier alpha value is -2.89. The highest BCUT2D eigenvalue weighted by Gasteiger charge is 2.54. The summed E-state index contributed by atoms with van der Waals surface area (Å²) in [5.74, 6) is -0.629. The number of amides is 3. The fourth-order valence-corrected chi connectivity index (χ4v) is 3.60. The number of aryl methyl sites for hydroxylation is 1. The van der Waals surface area contributed by atoms with Gasteiger partial charge in [0.1, 0.15) is 12.1 Å². The SMILES string of the molecule is O=C1N[C@]2(CCc3ccccc32)C(=O)N1CCOc1ccccc1F. The molecular formula is C19H17FN2O3. The zero-order valence-corrected chi connectivity index (χ0v) is 13.5. The van der Waals surface area contributed by atoms with E-state index in [1.165, 1.54) is 12.1 Å². The minimum atomic E-state index is -0.967. The number of hydrogen-bond donors (Lipinski definition) is 1. The average molecular weight is 340 g/mol.